The molecule has 0 spiro atoms. The number of rotatable bonds is 6. The third-order valence-corrected chi connectivity index (χ3v) is 6.47. The summed E-state index contributed by atoms with van der Waals surface area (Å²) in [5.41, 5.74) is 1.61. The highest BCUT2D eigenvalue weighted by molar-refractivity contribution is 7.93. The predicted molar refractivity (Wildman–Crippen MR) is 97.1 cm³/mol. The smallest absolute Gasteiger partial charge is 0.287 e. The van der Waals surface area contributed by atoms with Crippen molar-refractivity contribution >= 4 is 15.6 Å². The van der Waals surface area contributed by atoms with E-state index in [9.17, 15) is 9.00 Å². The van der Waals surface area contributed by atoms with E-state index in [2.05, 4.69) is 4.36 Å². The van der Waals surface area contributed by atoms with Gasteiger partial charge in [-0.15, -0.1) is 0 Å². The van der Waals surface area contributed by atoms with Crippen LogP contribution >= 0.6 is 0 Å². The van der Waals surface area contributed by atoms with Crippen molar-refractivity contribution in [1.29, 1.82) is 0 Å². The van der Waals surface area contributed by atoms with Gasteiger partial charge in [0, 0.05) is 12.4 Å². The van der Waals surface area contributed by atoms with E-state index in [0.717, 1.165) is 5.56 Å². The first kappa shape index (κ1) is 18.4. The molecule has 4 nitrogen and oxygen atoms in total. The lowest BCUT2D eigenvalue weighted by Crippen LogP contribution is -2.21. The van der Waals surface area contributed by atoms with Crippen molar-refractivity contribution in [1.82, 2.24) is 0 Å². The molecule has 2 rings (SSSR count). The Balaban J connectivity index is 2.35. The van der Waals surface area contributed by atoms with E-state index in [4.69, 9.17) is 4.74 Å². The van der Waals surface area contributed by atoms with Gasteiger partial charge in [0.1, 0.15) is 0 Å². The Labute approximate surface area is 144 Å². The topological polar surface area (TPSA) is 55.7 Å². The molecule has 24 heavy (non-hydrogen) atoms. The van der Waals surface area contributed by atoms with E-state index < -0.39 is 21.7 Å². The van der Waals surface area contributed by atoms with E-state index in [1.165, 1.54) is 7.11 Å². The largest absolute Gasteiger partial charge is 0.367 e. The first-order valence-electron chi connectivity index (χ1n) is 7.85. The lowest BCUT2D eigenvalue weighted by atomic mass is 10.1. The molecule has 5 heteroatoms. The maximum absolute atomic E-state index is 13.3. The normalized spacial score (nSPS) is 14.8. The average Bonchev–Trinajstić information content (AvgIpc) is 2.57. The lowest BCUT2D eigenvalue weighted by molar-refractivity contribution is -0.127. The number of carbonyl (C=O) groups is 1. The van der Waals surface area contributed by atoms with Crippen molar-refractivity contribution in [2.45, 2.75) is 31.0 Å². The van der Waals surface area contributed by atoms with Gasteiger partial charge in [-0.2, -0.15) is 4.36 Å². The number of ether oxygens (including phenoxy) is 1. The highest BCUT2D eigenvalue weighted by atomic mass is 32.2. The van der Waals surface area contributed by atoms with Gasteiger partial charge in [0.2, 0.25) is 0 Å². The van der Waals surface area contributed by atoms with Gasteiger partial charge in [-0.05, 0) is 11.1 Å². The third-order valence-electron chi connectivity index (χ3n) is 3.76. The number of nitrogens with zero attached hydrogens (tertiary/aromatic N) is 1. The molecule has 0 bridgehead atoms. The Morgan fingerprint density at radius 3 is 2.08 bits per heavy atom. The summed E-state index contributed by atoms with van der Waals surface area (Å²) >= 11 is 0. The van der Waals surface area contributed by atoms with Crippen molar-refractivity contribution in [2.75, 3.05) is 7.11 Å². The summed E-state index contributed by atoms with van der Waals surface area (Å²) in [6, 6.07) is 18.6. The maximum Gasteiger partial charge on any atom is 0.287 e. The van der Waals surface area contributed by atoms with Gasteiger partial charge in [-0.25, -0.2) is 4.21 Å². The monoisotopic (exact) mass is 345 g/mol. The van der Waals surface area contributed by atoms with Gasteiger partial charge in [0.25, 0.3) is 5.91 Å². The van der Waals surface area contributed by atoms with Crippen LogP contribution in [0, 0.1) is 0 Å². The van der Waals surface area contributed by atoms with Crippen LogP contribution < -0.4 is 0 Å². The minimum absolute atomic E-state index is 0.241. The Hall–Kier alpha value is -1.98. The molecule has 0 aliphatic rings. The lowest BCUT2D eigenvalue weighted by Gasteiger charge is -2.16. The minimum atomic E-state index is -2.73. The zero-order valence-corrected chi connectivity index (χ0v) is 15.0. The zero-order valence-electron chi connectivity index (χ0n) is 14.2. The maximum atomic E-state index is 13.3. The molecule has 0 saturated heterocycles. The fourth-order valence-corrected chi connectivity index (χ4v) is 4.00. The number of hydrogen-bond donors (Lipinski definition) is 0. The Morgan fingerprint density at radius 2 is 1.58 bits per heavy atom. The highest BCUT2D eigenvalue weighted by Gasteiger charge is 2.24. The van der Waals surface area contributed by atoms with Crippen molar-refractivity contribution in [3.63, 3.8) is 0 Å². The van der Waals surface area contributed by atoms with Crippen LogP contribution in [0.2, 0.25) is 0 Å². The molecule has 0 aliphatic heterocycles. The van der Waals surface area contributed by atoms with Crippen LogP contribution in [0.15, 0.2) is 65.0 Å². The number of amides is 1. The molecule has 0 aliphatic carbocycles. The van der Waals surface area contributed by atoms with Gasteiger partial charge in [-0.3, -0.25) is 4.79 Å². The molecule has 0 N–H and O–H groups in total. The molecule has 2 aromatic carbocycles. The molecule has 0 aromatic heterocycles. The summed E-state index contributed by atoms with van der Waals surface area (Å²) in [7, 11) is -1.27. The molecule has 0 heterocycles. The van der Waals surface area contributed by atoms with Gasteiger partial charge in [0.05, 0.1) is 15.5 Å². The molecule has 128 valence electrons. The Bertz CT molecular complexity index is 779. The molecular formula is C19H23NO3S. The summed E-state index contributed by atoms with van der Waals surface area (Å²) in [6.45, 7) is 3.65. The summed E-state index contributed by atoms with van der Waals surface area (Å²) in [6.07, 6.45) is -0.832. The SMILES string of the molecule is COC(C(=O)N=S(=O)(Cc1ccccc1)C(C)C)c1ccccc1. The summed E-state index contributed by atoms with van der Waals surface area (Å²) < 4.78 is 22.7. The third kappa shape index (κ3) is 4.52. The molecule has 2 atom stereocenters. The average molecular weight is 345 g/mol. The molecule has 0 radical (unpaired) electrons. The first-order valence-corrected chi connectivity index (χ1v) is 9.60. The molecule has 2 unspecified atom stereocenters. The van der Waals surface area contributed by atoms with Crippen molar-refractivity contribution in [3.8, 4) is 0 Å². The molecule has 0 saturated carbocycles. The van der Waals surface area contributed by atoms with E-state index in [1.807, 2.05) is 62.4 Å². The summed E-state index contributed by atoms with van der Waals surface area (Å²) in [5, 5.41) is -0.241. The second-order valence-electron chi connectivity index (χ2n) is 5.82. The second-order valence-corrected chi connectivity index (χ2v) is 8.62. The van der Waals surface area contributed by atoms with Crippen molar-refractivity contribution < 1.29 is 13.7 Å². The van der Waals surface area contributed by atoms with Gasteiger partial charge in [-0.1, -0.05) is 74.5 Å². The van der Waals surface area contributed by atoms with Crippen molar-refractivity contribution in [2.24, 2.45) is 4.36 Å². The molecule has 1 amide bonds. The highest BCUT2D eigenvalue weighted by Crippen LogP contribution is 2.21. The minimum Gasteiger partial charge on any atom is -0.367 e. The van der Waals surface area contributed by atoms with Crippen molar-refractivity contribution in [3.05, 3.63) is 71.8 Å². The molecule has 2 aromatic rings. The Morgan fingerprint density at radius 1 is 1.04 bits per heavy atom. The quantitative estimate of drug-likeness (QED) is 0.796. The van der Waals surface area contributed by atoms with E-state index in [1.54, 1.807) is 12.1 Å². The molecular weight excluding hydrogens is 322 g/mol. The summed E-state index contributed by atoms with van der Waals surface area (Å²) in [4.78, 5) is 12.6. The van der Waals surface area contributed by atoms with Gasteiger partial charge in [0.15, 0.2) is 6.10 Å². The number of hydrogen-bond acceptors (Lipinski definition) is 3. The van der Waals surface area contributed by atoms with Crippen LogP contribution in [0.4, 0.5) is 0 Å². The van der Waals surface area contributed by atoms with Gasteiger partial charge < -0.3 is 4.74 Å². The fourth-order valence-electron chi connectivity index (χ4n) is 2.32. The molecule has 0 fully saturated rings. The zero-order chi connectivity index (χ0) is 17.6. The number of methoxy groups -OCH3 is 1. The van der Waals surface area contributed by atoms with Crippen LogP contribution in [0.3, 0.4) is 0 Å². The number of carbonyl (C=O) groups excluding carboxylic acids is 1. The first-order chi connectivity index (χ1) is 11.5. The number of benzene rings is 2. The van der Waals surface area contributed by atoms with Crippen LogP contribution in [-0.2, 0) is 25.0 Å². The second kappa shape index (κ2) is 8.22. The van der Waals surface area contributed by atoms with E-state index in [-0.39, 0.29) is 11.0 Å². The van der Waals surface area contributed by atoms with Crippen LogP contribution in [0.5, 0.6) is 0 Å². The van der Waals surface area contributed by atoms with Gasteiger partial charge >= 0.3 is 0 Å². The van der Waals surface area contributed by atoms with Crippen LogP contribution in [0.25, 0.3) is 0 Å². The standard InChI is InChI=1S/C19H23NO3S/c1-15(2)24(22,14-16-10-6-4-7-11-16)20-19(21)18(23-3)17-12-8-5-9-13-17/h4-13,15,18H,14H2,1-3H3. The van der Waals surface area contributed by atoms with Crippen LogP contribution in [0.1, 0.15) is 31.1 Å². The van der Waals surface area contributed by atoms with Crippen LogP contribution in [-0.4, -0.2) is 22.5 Å². The Kier molecular flexibility index (Phi) is 6.29. The van der Waals surface area contributed by atoms with E-state index >= 15 is 0 Å². The predicted octanol–water partition coefficient (Wildman–Crippen LogP) is 3.98. The summed E-state index contributed by atoms with van der Waals surface area (Å²) in [5.74, 6) is -0.249. The van der Waals surface area contributed by atoms with E-state index in [0.29, 0.717) is 5.56 Å². The fraction of sp³-hybridized carbons (Fsp3) is 0.316.